The molecule has 2 rings (SSSR count). The predicted molar refractivity (Wildman–Crippen MR) is 56.0 cm³/mol. The van der Waals surface area contributed by atoms with Crippen molar-refractivity contribution in [2.75, 3.05) is 0 Å². The molecule has 0 saturated heterocycles. The Morgan fingerprint density at radius 3 is 2.62 bits per heavy atom. The molecule has 0 radical (unpaired) electrons. The highest BCUT2D eigenvalue weighted by molar-refractivity contribution is 6.30. The Morgan fingerprint density at radius 2 is 2.00 bits per heavy atom. The van der Waals surface area contributed by atoms with Crippen molar-refractivity contribution in [2.24, 2.45) is 0 Å². The lowest BCUT2D eigenvalue weighted by molar-refractivity contribution is 1.27. The minimum atomic E-state index is 0.768. The van der Waals surface area contributed by atoms with Gasteiger partial charge in [0.25, 0.3) is 0 Å². The third-order valence-electron chi connectivity index (χ3n) is 1.97. The fourth-order valence-corrected chi connectivity index (χ4v) is 1.52. The second-order valence-corrected chi connectivity index (χ2v) is 3.50. The van der Waals surface area contributed by atoms with Crippen molar-refractivity contribution >= 4 is 11.6 Å². The molecule has 0 spiro atoms. The maximum Gasteiger partial charge on any atom is 0.0456 e. The maximum absolute atomic E-state index is 5.89. The third kappa shape index (κ3) is 1.76. The third-order valence-corrected chi connectivity index (χ3v) is 2.20. The van der Waals surface area contributed by atoms with Gasteiger partial charge in [-0.15, -0.1) is 0 Å². The molecular weight excluding hydrogens is 182 g/mol. The number of aryl methyl sites for hydroxylation is 1. The van der Waals surface area contributed by atoms with Crippen LogP contribution in [0.4, 0.5) is 0 Å². The molecule has 0 amide bonds. The van der Waals surface area contributed by atoms with Gasteiger partial charge in [-0.3, -0.25) is 0 Å². The monoisotopic (exact) mass is 191 g/mol. The molecule has 2 aromatic rings. The molecule has 0 fully saturated rings. The molecule has 1 heterocycles. The van der Waals surface area contributed by atoms with E-state index in [0.717, 1.165) is 22.0 Å². The van der Waals surface area contributed by atoms with Crippen LogP contribution in [-0.4, -0.2) is 4.98 Å². The van der Waals surface area contributed by atoms with Crippen LogP contribution in [0.15, 0.2) is 36.4 Å². The molecule has 0 unspecified atom stereocenters. The van der Waals surface area contributed by atoms with E-state index >= 15 is 0 Å². The fraction of sp³-hybridized carbons (Fsp3) is 0.0909. The van der Waals surface area contributed by atoms with Crippen molar-refractivity contribution < 1.29 is 0 Å². The average Bonchev–Trinajstić information content (AvgIpc) is 2.52. The number of H-pyrrole nitrogens is 1. The van der Waals surface area contributed by atoms with Gasteiger partial charge in [-0.1, -0.05) is 23.7 Å². The van der Waals surface area contributed by atoms with E-state index < -0.39 is 0 Å². The molecule has 2 heteroatoms. The Balaban J connectivity index is 2.46. The zero-order chi connectivity index (χ0) is 9.26. The first-order valence-corrected chi connectivity index (χ1v) is 4.55. The summed E-state index contributed by atoms with van der Waals surface area (Å²) in [7, 11) is 0. The summed E-state index contributed by atoms with van der Waals surface area (Å²) < 4.78 is 0. The first kappa shape index (κ1) is 8.39. The van der Waals surface area contributed by atoms with Crippen molar-refractivity contribution in [3.05, 3.63) is 47.1 Å². The highest BCUT2D eigenvalue weighted by Crippen LogP contribution is 2.21. The van der Waals surface area contributed by atoms with Crippen LogP contribution in [0.1, 0.15) is 5.69 Å². The van der Waals surface area contributed by atoms with Crippen LogP contribution in [0.3, 0.4) is 0 Å². The number of nitrogens with one attached hydrogen (secondary N) is 1. The first-order chi connectivity index (χ1) is 6.25. The van der Waals surface area contributed by atoms with Gasteiger partial charge in [-0.2, -0.15) is 0 Å². The number of halogens is 1. The molecule has 1 aromatic heterocycles. The van der Waals surface area contributed by atoms with Crippen LogP contribution in [-0.2, 0) is 0 Å². The van der Waals surface area contributed by atoms with E-state index in [1.807, 2.05) is 31.2 Å². The fourth-order valence-electron chi connectivity index (χ4n) is 1.33. The first-order valence-electron chi connectivity index (χ1n) is 4.17. The Morgan fingerprint density at radius 1 is 1.15 bits per heavy atom. The highest BCUT2D eigenvalue weighted by Gasteiger charge is 1.99. The number of benzene rings is 1. The molecule has 1 aromatic carbocycles. The van der Waals surface area contributed by atoms with Crippen LogP contribution in [0.2, 0.25) is 5.02 Å². The van der Waals surface area contributed by atoms with Gasteiger partial charge in [0.2, 0.25) is 0 Å². The summed E-state index contributed by atoms with van der Waals surface area (Å²) in [5.41, 5.74) is 3.40. The van der Waals surface area contributed by atoms with Gasteiger partial charge in [0.1, 0.15) is 0 Å². The summed E-state index contributed by atoms with van der Waals surface area (Å²) in [5.74, 6) is 0. The standard InChI is InChI=1S/C11H10ClN/c1-8-5-6-11(13-8)9-3-2-4-10(12)7-9/h2-7,13H,1H3. The Labute approximate surface area is 82.4 Å². The minimum Gasteiger partial charge on any atom is -0.359 e. The van der Waals surface area contributed by atoms with Gasteiger partial charge >= 0.3 is 0 Å². The summed E-state index contributed by atoms with van der Waals surface area (Å²) >= 11 is 5.89. The summed E-state index contributed by atoms with van der Waals surface area (Å²) in [6, 6.07) is 11.9. The van der Waals surface area contributed by atoms with Gasteiger partial charge < -0.3 is 4.98 Å². The van der Waals surface area contributed by atoms with Gasteiger partial charge in [0, 0.05) is 16.4 Å². The van der Waals surface area contributed by atoms with E-state index in [-0.39, 0.29) is 0 Å². The SMILES string of the molecule is Cc1ccc(-c2cccc(Cl)c2)[nH]1. The molecule has 0 saturated carbocycles. The van der Waals surface area contributed by atoms with Crippen molar-refractivity contribution in [1.29, 1.82) is 0 Å². The molecular formula is C11H10ClN. The van der Waals surface area contributed by atoms with Crippen molar-refractivity contribution in [3.8, 4) is 11.3 Å². The normalized spacial score (nSPS) is 10.3. The summed E-state index contributed by atoms with van der Waals surface area (Å²) in [4.78, 5) is 3.26. The van der Waals surface area contributed by atoms with Crippen molar-refractivity contribution in [3.63, 3.8) is 0 Å². The Hall–Kier alpha value is -1.21. The van der Waals surface area contributed by atoms with E-state index in [2.05, 4.69) is 17.1 Å². The summed E-state index contributed by atoms with van der Waals surface area (Å²) in [5, 5.41) is 0.768. The van der Waals surface area contributed by atoms with Crippen molar-refractivity contribution in [2.45, 2.75) is 6.92 Å². The van der Waals surface area contributed by atoms with E-state index in [1.165, 1.54) is 0 Å². The maximum atomic E-state index is 5.89. The van der Waals surface area contributed by atoms with E-state index in [4.69, 9.17) is 11.6 Å². The molecule has 0 atom stereocenters. The largest absolute Gasteiger partial charge is 0.359 e. The van der Waals surface area contributed by atoms with Gasteiger partial charge in [0.05, 0.1) is 0 Å². The molecule has 0 aliphatic carbocycles. The molecule has 0 aliphatic rings. The zero-order valence-corrected chi connectivity index (χ0v) is 8.10. The van der Waals surface area contributed by atoms with Crippen LogP contribution < -0.4 is 0 Å². The molecule has 0 aliphatic heterocycles. The van der Waals surface area contributed by atoms with E-state index in [1.54, 1.807) is 0 Å². The second kappa shape index (κ2) is 3.27. The summed E-state index contributed by atoms with van der Waals surface area (Å²) in [6.07, 6.45) is 0. The highest BCUT2D eigenvalue weighted by atomic mass is 35.5. The lowest BCUT2D eigenvalue weighted by Crippen LogP contribution is -1.77. The quantitative estimate of drug-likeness (QED) is 0.709. The van der Waals surface area contributed by atoms with Gasteiger partial charge in [-0.25, -0.2) is 0 Å². The topological polar surface area (TPSA) is 15.8 Å². The minimum absolute atomic E-state index is 0.768. The van der Waals surface area contributed by atoms with E-state index in [0.29, 0.717) is 0 Å². The lowest BCUT2D eigenvalue weighted by atomic mass is 10.2. The van der Waals surface area contributed by atoms with Crippen LogP contribution in [0, 0.1) is 6.92 Å². The zero-order valence-electron chi connectivity index (χ0n) is 7.34. The average molecular weight is 192 g/mol. The molecule has 1 N–H and O–H groups in total. The second-order valence-electron chi connectivity index (χ2n) is 3.07. The summed E-state index contributed by atoms with van der Waals surface area (Å²) in [6.45, 7) is 2.04. The van der Waals surface area contributed by atoms with Crippen LogP contribution in [0.5, 0.6) is 0 Å². The predicted octanol–water partition coefficient (Wildman–Crippen LogP) is 3.64. The number of aromatic amines is 1. The number of rotatable bonds is 1. The lowest BCUT2D eigenvalue weighted by Gasteiger charge is -1.97. The molecule has 13 heavy (non-hydrogen) atoms. The Bertz CT molecular complexity index is 418. The number of aromatic nitrogens is 1. The van der Waals surface area contributed by atoms with Crippen LogP contribution >= 0.6 is 11.6 Å². The van der Waals surface area contributed by atoms with Gasteiger partial charge in [0.15, 0.2) is 0 Å². The van der Waals surface area contributed by atoms with E-state index in [9.17, 15) is 0 Å². The number of hydrogen-bond acceptors (Lipinski definition) is 0. The molecule has 1 nitrogen and oxygen atoms in total. The van der Waals surface area contributed by atoms with Crippen LogP contribution in [0.25, 0.3) is 11.3 Å². The van der Waals surface area contributed by atoms with Gasteiger partial charge in [-0.05, 0) is 36.8 Å². The Kier molecular flexibility index (Phi) is 2.11. The molecule has 0 bridgehead atoms. The number of hydrogen-bond donors (Lipinski definition) is 1. The molecule has 66 valence electrons. The van der Waals surface area contributed by atoms with Crippen molar-refractivity contribution in [1.82, 2.24) is 4.98 Å². The smallest absolute Gasteiger partial charge is 0.0456 e.